The smallest absolute Gasteiger partial charge is 0.264 e. The van der Waals surface area contributed by atoms with Gasteiger partial charge in [-0.1, -0.05) is 56.7 Å². The summed E-state index contributed by atoms with van der Waals surface area (Å²) >= 11 is 0. The Labute approximate surface area is 240 Å². The van der Waals surface area contributed by atoms with E-state index in [0.717, 1.165) is 61.2 Å². The molecule has 0 amide bonds. The van der Waals surface area contributed by atoms with Gasteiger partial charge in [-0.05, 0) is 87.2 Å². The van der Waals surface area contributed by atoms with E-state index in [0.29, 0.717) is 11.3 Å². The first-order valence-corrected chi connectivity index (χ1v) is 18.9. The molecule has 1 spiro atoms. The first-order valence-electron chi connectivity index (χ1n) is 14.6. The molecule has 0 N–H and O–H groups in total. The Kier molecular flexibility index (Phi) is 6.27. The molecular formula is C32H42N2O4SSi. The Balaban J connectivity index is 1.63. The number of anilines is 1. The first kappa shape index (κ1) is 27.7. The number of aldehydes is 1. The lowest BCUT2D eigenvalue weighted by Gasteiger charge is -2.58. The van der Waals surface area contributed by atoms with Crippen molar-refractivity contribution in [1.82, 2.24) is 4.90 Å². The summed E-state index contributed by atoms with van der Waals surface area (Å²) in [7, 11) is -6.18. The molecule has 1 aliphatic carbocycles. The van der Waals surface area contributed by atoms with E-state index in [9.17, 15) is 13.2 Å². The quantitative estimate of drug-likeness (QED) is 0.303. The fourth-order valence-corrected chi connectivity index (χ4v) is 10.6. The molecule has 0 saturated carbocycles. The first-order chi connectivity index (χ1) is 18.8. The summed E-state index contributed by atoms with van der Waals surface area (Å²) in [5.41, 5.74) is 1.94. The zero-order chi connectivity index (χ0) is 28.7. The highest BCUT2D eigenvalue weighted by Crippen LogP contribution is 2.66. The van der Waals surface area contributed by atoms with E-state index in [-0.39, 0.29) is 11.1 Å². The van der Waals surface area contributed by atoms with E-state index >= 15 is 0 Å². The number of piperidine rings is 1. The summed E-state index contributed by atoms with van der Waals surface area (Å²) in [5, 5.41) is -0.0406. The number of para-hydroxylation sites is 1. The summed E-state index contributed by atoms with van der Waals surface area (Å²) in [6.45, 7) is 15.0. The van der Waals surface area contributed by atoms with Crippen molar-refractivity contribution in [3.8, 4) is 0 Å². The number of hydrogen-bond donors (Lipinski definition) is 0. The number of hydrogen-bond acceptors (Lipinski definition) is 5. The molecule has 3 aliphatic heterocycles. The predicted octanol–water partition coefficient (Wildman–Crippen LogP) is 6.17. The molecule has 0 unspecified atom stereocenters. The SMILES string of the molecule is Cc1ccc(S(=O)(=O)N2c3ccccc3[C@@]34CCN5CCC[C@@](CC=O)(C(O[Si](C)(C)C(C)(C)C)=C[C@H]23)[C@H]54)cc1. The highest BCUT2D eigenvalue weighted by atomic mass is 32.2. The van der Waals surface area contributed by atoms with Crippen LogP contribution in [-0.2, 0) is 24.7 Å². The fourth-order valence-electron chi connectivity index (χ4n) is 7.82. The van der Waals surface area contributed by atoms with Gasteiger partial charge in [0.25, 0.3) is 10.0 Å². The molecular weight excluding hydrogens is 537 g/mol. The Morgan fingerprint density at radius 3 is 2.42 bits per heavy atom. The van der Waals surface area contributed by atoms with Gasteiger partial charge in [0.15, 0.2) is 0 Å². The summed E-state index contributed by atoms with van der Waals surface area (Å²) in [6, 6.07) is 14.8. The van der Waals surface area contributed by atoms with Crippen LogP contribution < -0.4 is 4.31 Å². The highest BCUT2D eigenvalue weighted by Gasteiger charge is 2.70. The average molecular weight is 579 g/mol. The Morgan fingerprint density at radius 1 is 1.05 bits per heavy atom. The minimum absolute atomic E-state index is 0.00640. The second-order valence-corrected chi connectivity index (χ2v) is 20.4. The molecule has 40 heavy (non-hydrogen) atoms. The maximum absolute atomic E-state index is 14.5. The van der Waals surface area contributed by atoms with Gasteiger partial charge in [-0.15, -0.1) is 0 Å². The maximum atomic E-state index is 14.5. The van der Waals surface area contributed by atoms with Crippen molar-refractivity contribution in [1.29, 1.82) is 0 Å². The third kappa shape index (κ3) is 3.68. The molecule has 4 aliphatic rings. The van der Waals surface area contributed by atoms with Gasteiger partial charge in [0.2, 0.25) is 8.32 Å². The van der Waals surface area contributed by atoms with Crippen LogP contribution >= 0.6 is 0 Å². The zero-order valence-corrected chi connectivity index (χ0v) is 26.4. The zero-order valence-electron chi connectivity index (χ0n) is 24.6. The Hall–Kier alpha value is -2.42. The number of carbonyl (C=O) groups excluding carboxylic acids is 1. The van der Waals surface area contributed by atoms with Crippen molar-refractivity contribution in [2.45, 2.75) is 93.9 Å². The van der Waals surface area contributed by atoms with Crippen LogP contribution in [0.1, 0.15) is 57.6 Å². The van der Waals surface area contributed by atoms with Crippen LogP contribution in [0.5, 0.6) is 0 Å². The van der Waals surface area contributed by atoms with Gasteiger partial charge >= 0.3 is 0 Å². The van der Waals surface area contributed by atoms with Crippen LogP contribution in [0.2, 0.25) is 18.1 Å². The standard InChI is InChI=1S/C32H42N2O4SSi/c1-23-12-14-24(15-13-23)39(36,37)34-26-11-8-7-10-25(26)32-17-20-33-19-9-16-31(18-21-35,29(32)33)28(22-27(32)34)38-40(5,6)30(2,3)4/h7-8,10-15,21-22,27,29H,9,16-20H2,1-6H3/t27-,29-,31+,32-/m0/s1. The number of rotatable bonds is 6. The molecule has 2 aromatic rings. The number of sulfonamides is 1. The number of aryl methyl sites for hydroxylation is 1. The monoisotopic (exact) mass is 578 g/mol. The van der Waals surface area contributed by atoms with Crippen molar-refractivity contribution in [2.75, 3.05) is 17.4 Å². The van der Waals surface area contributed by atoms with E-state index in [1.165, 1.54) is 0 Å². The number of nitrogens with zero attached hydrogens (tertiary/aromatic N) is 2. The van der Waals surface area contributed by atoms with Gasteiger partial charge in [-0.3, -0.25) is 9.21 Å². The number of benzene rings is 2. The predicted molar refractivity (Wildman–Crippen MR) is 161 cm³/mol. The Bertz CT molecular complexity index is 1480. The van der Waals surface area contributed by atoms with Crippen LogP contribution in [0.25, 0.3) is 0 Å². The maximum Gasteiger partial charge on any atom is 0.264 e. The lowest BCUT2D eigenvalue weighted by atomic mass is 9.54. The van der Waals surface area contributed by atoms with Gasteiger partial charge in [0.05, 0.1) is 22.4 Å². The number of fused-ring (bicyclic) bond motifs is 1. The summed E-state index contributed by atoms with van der Waals surface area (Å²) < 4.78 is 38.0. The summed E-state index contributed by atoms with van der Waals surface area (Å²) in [5.74, 6) is 0.848. The lowest BCUT2D eigenvalue weighted by Crippen LogP contribution is -2.65. The van der Waals surface area contributed by atoms with Crippen LogP contribution in [0.4, 0.5) is 5.69 Å². The molecule has 2 fully saturated rings. The minimum atomic E-state index is -3.88. The molecule has 8 heteroatoms. The van der Waals surface area contributed by atoms with Crippen LogP contribution in [-0.4, -0.2) is 53.1 Å². The topological polar surface area (TPSA) is 66.9 Å². The second kappa shape index (κ2) is 9.04. The van der Waals surface area contributed by atoms with Crippen molar-refractivity contribution in [3.63, 3.8) is 0 Å². The van der Waals surface area contributed by atoms with E-state index in [1.807, 2.05) is 37.3 Å². The molecule has 2 saturated heterocycles. The molecule has 0 aromatic heterocycles. The van der Waals surface area contributed by atoms with Gasteiger partial charge in [-0.2, -0.15) is 0 Å². The van der Waals surface area contributed by atoms with E-state index in [1.54, 1.807) is 16.4 Å². The molecule has 6 nitrogen and oxygen atoms in total. The van der Waals surface area contributed by atoms with Crippen molar-refractivity contribution in [3.05, 3.63) is 71.5 Å². The third-order valence-corrected chi connectivity index (χ3v) is 16.8. The van der Waals surface area contributed by atoms with Crippen molar-refractivity contribution < 1.29 is 17.6 Å². The molecule has 3 heterocycles. The fraction of sp³-hybridized carbons (Fsp3) is 0.531. The van der Waals surface area contributed by atoms with Gasteiger partial charge in [0.1, 0.15) is 6.29 Å². The lowest BCUT2D eigenvalue weighted by molar-refractivity contribution is -0.112. The van der Waals surface area contributed by atoms with Gasteiger partial charge < -0.3 is 9.22 Å². The number of carbonyl (C=O) groups is 1. The average Bonchev–Trinajstić information content (AvgIpc) is 3.42. The highest BCUT2D eigenvalue weighted by molar-refractivity contribution is 7.93. The second-order valence-electron chi connectivity index (χ2n) is 13.8. The molecule has 4 atom stereocenters. The molecule has 2 aromatic carbocycles. The molecule has 0 radical (unpaired) electrons. The summed E-state index contributed by atoms with van der Waals surface area (Å²) in [6.07, 6.45) is 6.31. The molecule has 6 rings (SSSR count). The minimum Gasteiger partial charge on any atom is -0.546 e. The summed E-state index contributed by atoms with van der Waals surface area (Å²) in [4.78, 5) is 15.3. The third-order valence-electron chi connectivity index (χ3n) is 10.7. The molecule has 0 bridgehead atoms. The van der Waals surface area contributed by atoms with E-state index < -0.39 is 35.2 Å². The van der Waals surface area contributed by atoms with Crippen LogP contribution in [0.3, 0.4) is 0 Å². The van der Waals surface area contributed by atoms with Crippen molar-refractivity contribution >= 4 is 30.3 Å². The largest absolute Gasteiger partial charge is 0.546 e. The van der Waals surface area contributed by atoms with E-state index in [4.69, 9.17) is 4.43 Å². The van der Waals surface area contributed by atoms with Gasteiger partial charge in [-0.25, -0.2) is 8.42 Å². The normalized spacial score (nSPS) is 29.9. The van der Waals surface area contributed by atoms with E-state index in [2.05, 4.69) is 50.9 Å². The van der Waals surface area contributed by atoms with Crippen LogP contribution in [0.15, 0.2) is 65.3 Å². The van der Waals surface area contributed by atoms with Gasteiger partial charge in [0, 0.05) is 23.3 Å². The van der Waals surface area contributed by atoms with Crippen LogP contribution in [0, 0.1) is 12.3 Å². The molecule has 214 valence electrons. The van der Waals surface area contributed by atoms with Crippen molar-refractivity contribution in [2.24, 2.45) is 5.41 Å². The Morgan fingerprint density at radius 2 is 1.75 bits per heavy atom.